The number of nitrogens with one attached hydrogen (secondary N) is 1. The summed E-state index contributed by atoms with van der Waals surface area (Å²) in [6.07, 6.45) is 0. The van der Waals surface area contributed by atoms with Crippen LogP contribution in [0.4, 0.5) is 0 Å². The SMILES string of the molecule is CC(C)C1CNCC1P. The second kappa shape index (κ2) is 2.98. The Morgan fingerprint density at radius 2 is 2.11 bits per heavy atom. The van der Waals surface area contributed by atoms with Crippen molar-refractivity contribution in [2.24, 2.45) is 11.8 Å². The lowest BCUT2D eigenvalue weighted by molar-refractivity contribution is 0.426. The summed E-state index contributed by atoms with van der Waals surface area (Å²) in [5, 5.41) is 3.38. The van der Waals surface area contributed by atoms with E-state index in [1.54, 1.807) is 0 Å². The van der Waals surface area contributed by atoms with Gasteiger partial charge in [-0.15, -0.1) is 9.24 Å². The highest BCUT2D eigenvalue weighted by Crippen LogP contribution is 2.24. The van der Waals surface area contributed by atoms with E-state index < -0.39 is 0 Å². The van der Waals surface area contributed by atoms with Crippen LogP contribution in [0.15, 0.2) is 0 Å². The Kier molecular flexibility index (Phi) is 2.49. The lowest BCUT2D eigenvalue weighted by Crippen LogP contribution is -2.17. The fourth-order valence-electron chi connectivity index (χ4n) is 1.45. The molecule has 0 aliphatic carbocycles. The zero-order valence-electron chi connectivity index (χ0n) is 6.22. The van der Waals surface area contributed by atoms with Crippen LogP contribution in [0.2, 0.25) is 0 Å². The van der Waals surface area contributed by atoms with Crippen LogP contribution >= 0.6 is 9.24 Å². The maximum absolute atomic E-state index is 3.38. The smallest absolute Gasteiger partial charge is 0.00175 e. The van der Waals surface area contributed by atoms with E-state index in [2.05, 4.69) is 28.4 Å². The highest BCUT2D eigenvalue weighted by molar-refractivity contribution is 7.17. The summed E-state index contributed by atoms with van der Waals surface area (Å²) in [6, 6.07) is 0. The van der Waals surface area contributed by atoms with E-state index >= 15 is 0 Å². The summed E-state index contributed by atoms with van der Waals surface area (Å²) in [5.74, 6) is 1.72. The molecule has 0 radical (unpaired) electrons. The molecule has 1 heterocycles. The van der Waals surface area contributed by atoms with Crippen molar-refractivity contribution in [3.8, 4) is 0 Å². The van der Waals surface area contributed by atoms with Crippen LogP contribution in [-0.2, 0) is 0 Å². The van der Waals surface area contributed by atoms with Crippen LogP contribution < -0.4 is 5.32 Å². The van der Waals surface area contributed by atoms with Crippen molar-refractivity contribution >= 4 is 9.24 Å². The molecule has 0 saturated carbocycles. The second-order valence-electron chi connectivity index (χ2n) is 3.23. The van der Waals surface area contributed by atoms with Crippen molar-refractivity contribution in [3.63, 3.8) is 0 Å². The summed E-state index contributed by atoms with van der Waals surface area (Å²) in [7, 11) is 2.92. The topological polar surface area (TPSA) is 12.0 Å². The van der Waals surface area contributed by atoms with E-state index in [0.29, 0.717) is 0 Å². The van der Waals surface area contributed by atoms with Crippen LogP contribution in [0.5, 0.6) is 0 Å². The Bertz CT molecular complexity index is 92.9. The van der Waals surface area contributed by atoms with Gasteiger partial charge in [0, 0.05) is 6.54 Å². The second-order valence-corrected chi connectivity index (χ2v) is 4.09. The minimum atomic E-state index is 0.810. The van der Waals surface area contributed by atoms with Gasteiger partial charge in [-0.05, 0) is 24.0 Å². The average Bonchev–Trinajstić information content (AvgIpc) is 2.13. The van der Waals surface area contributed by atoms with E-state index in [1.807, 2.05) is 0 Å². The van der Waals surface area contributed by atoms with Crippen molar-refractivity contribution in [2.45, 2.75) is 19.5 Å². The summed E-state index contributed by atoms with van der Waals surface area (Å²) in [4.78, 5) is 0. The maximum atomic E-state index is 3.38. The predicted octanol–water partition coefficient (Wildman–Crippen LogP) is 1.11. The fraction of sp³-hybridized carbons (Fsp3) is 1.00. The van der Waals surface area contributed by atoms with Gasteiger partial charge in [0.15, 0.2) is 0 Å². The molecule has 0 spiro atoms. The molecule has 0 aromatic rings. The summed E-state index contributed by atoms with van der Waals surface area (Å²) in [6.45, 7) is 7.00. The van der Waals surface area contributed by atoms with Crippen LogP contribution in [-0.4, -0.2) is 18.7 Å². The van der Waals surface area contributed by atoms with Gasteiger partial charge < -0.3 is 5.32 Å². The fourth-order valence-corrected chi connectivity index (χ4v) is 2.20. The first-order valence-corrected chi connectivity index (χ1v) is 4.34. The van der Waals surface area contributed by atoms with E-state index in [1.165, 1.54) is 13.1 Å². The number of hydrogen-bond acceptors (Lipinski definition) is 1. The average molecular weight is 145 g/mol. The molecule has 3 unspecified atom stereocenters. The van der Waals surface area contributed by atoms with Gasteiger partial charge in [0.05, 0.1) is 0 Å². The molecule has 1 nitrogen and oxygen atoms in total. The molecule has 0 bridgehead atoms. The molecule has 3 atom stereocenters. The molecule has 0 amide bonds. The quantitative estimate of drug-likeness (QED) is 0.545. The van der Waals surface area contributed by atoms with Gasteiger partial charge in [-0.1, -0.05) is 13.8 Å². The van der Waals surface area contributed by atoms with E-state index in [9.17, 15) is 0 Å². The molecule has 1 saturated heterocycles. The lowest BCUT2D eigenvalue weighted by atomic mass is 9.95. The molecule has 0 aromatic carbocycles. The zero-order valence-corrected chi connectivity index (χ0v) is 7.38. The molecule has 9 heavy (non-hydrogen) atoms. The Labute approximate surface area is 59.8 Å². The predicted molar refractivity (Wildman–Crippen MR) is 44.7 cm³/mol. The maximum Gasteiger partial charge on any atom is 0.00175 e. The molecule has 1 fully saturated rings. The van der Waals surface area contributed by atoms with Gasteiger partial charge in [-0.3, -0.25) is 0 Å². The third kappa shape index (κ3) is 1.65. The summed E-state index contributed by atoms with van der Waals surface area (Å²) < 4.78 is 0. The zero-order chi connectivity index (χ0) is 6.85. The molecular weight excluding hydrogens is 129 g/mol. The largest absolute Gasteiger partial charge is 0.316 e. The van der Waals surface area contributed by atoms with Crippen LogP contribution in [0, 0.1) is 11.8 Å². The van der Waals surface area contributed by atoms with Crippen LogP contribution in [0.25, 0.3) is 0 Å². The summed E-state index contributed by atoms with van der Waals surface area (Å²) in [5.41, 5.74) is 0.810. The Hall–Kier alpha value is 0.390. The van der Waals surface area contributed by atoms with E-state index in [0.717, 1.165) is 17.5 Å². The molecule has 1 aliphatic rings. The molecule has 1 N–H and O–H groups in total. The lowest BCUT2D eigenvalue weighted by Gasteiger charge is -2.17. The van der Waals surface area contributed by atoms with Gasteiger partial charge in [0.2, 0.25) is 0 Å². The first-order valence-electron chi connectivity index (χ1n) is 3.68. The van der Waals surface area contributed by atoms with Gasteiger partial charge in [0.25, 0.3) is 0 Å². The molecule has 1 aliphatic heterocycles. The van der Waals surface area contributed by atoms with Crippen molar-refractivity contribution in [2.75, 3.05) is 13.1 Å². The van der Waals surface area contributed by atoms with Crippen molar-refractivity contribution in [1.29, 1.82) is 0 Å². The Morgan fingerprint density at radius 3 is 2.33 bits per heavy atom. The molecule has 0 aromatic heterocycles. The minimum Gasteiger partial charge on any atom is -0.316 e. The highest BCUT2D eigenvalue weighted by Gasteiger charge is 2.25. The monoisotopic (exact) mass is 145 g/mol. The van der Waals surface area contributed by atoms with Gasteiger partial charge in [-0.25, -0.2) is 0 Å². The van der Waals surface area contributed by atoms with Gasteiger partial charge >= 0.3 is 0 Å². The normalized spacial score (nSPS) is 36.0. The van der Waals surface area contributed by atoms with E-state index in [-0.39, 0.29) is 0 Å². The Balaban J connectivity index is 2.40. The third-order valence-corrected chi connectivity index (χ3v) is 2.90. The minimum absolute atomic E-state index is 0.810. The standard InChI is InChI=1S/C7H16NP/c1-5(2)6-3-8-4-7(6)9/h5-8H,3-4,9H2,1-2H3. The van der Waals surface area contributed by atoms with Gasteiger partial charge in [0.1, 0.15) is 0 Å². The number of hydrogen-bond donors (Lipinski definition) is 1. The summed E-state index contributed by atoms with van der Waals surface area (Å²) >= 11 is 0. The van der Waals surface area contributed by atoms with Crippen LogP contribution in [0.1, 0.15) is 13.8 Å². The van der Waals surface area contributed by atoms with Gasteiger partial charge in [-0.2, -0.15) is 0 Å². The molecule has 54 valence electrons. The van der Waals surface area contributed by atoms with Crippen molar-refractivity contribution in [3.05, 3.63) is 0 Å². The molecular formula is C7H16NP. The Morgan fingerprint density at radius 1 is 1.44 bits per heavy atom. The first kappa shape index (κ1) is 7.50. The van der Waals surface area contributed by atoms with E-state index in [4.69, 9.17) is 0 Å². The first-order chi connectivity index (χ1) is 4.22. The highest BCUT2D eigenvalue weighted by atomic mass is 31.0. The third-order valence-electron chi connectivity index (χ3n) is 2.17. The molecule has 1 rings (SSSR count). The molecule has 2 heteroatoms. The van der Waals surface area contributed by atoms with Crippen molar-refractivity contribution in [1.82, 2.24) is 5.32 Å². The van der Waals surface area contributed by atoms with Crippen molar-refractivity contribution < 1.29 is 0 Å². The van der Waals surface area contributed by atoms with Crippen LogP contribution in [0.3, 0.4) is 0 Å². The number of rotatable bonds is 1.